The number of sulfonamides is 4. The molecule has 682 valence electrons. The molecule has 0 aliphatic heterocycles. The fourth-order valence-electron chi connectivity index (χ4n) is 12.3. The van der Waals surface area contributed by atoms with E-state index in [4.69, 9.17) is 24.7 Å². The van der Waals surface area contributed by atoms with Crippen molar-refractivity contribution in [3.05, 3.63) is 257 Å². The summed E-state index contributed by atoms with van der Waals surface area (Å²) in [5, 5.41) is 12.2. The van der Waals surface area contributed by atoms with Crippen LogP contribution in [0.2, 0.25) is 0 Å². The predicted molar refractivity (Wildman–Crippen MR) is 502 cm³/mol. The van der Waals surface area contributed by atoms with Crippen LogP contribution >= 0.6 is 0 Å². The SMILES string of the molecule is CC(C)(C)CN.COc1ccc(-c2nccc3cc(S(=O)(=O)Nc4ccncn4)ccc23)c(F)n1.COc1ccc(-c2nccc3cc(S(=O)(=O)Nc4ccncn4)ccc23)c(NCC(C)(C)C)n1.COc1nc(F)ccc1-c1nccc2cc(S(=O)(=O)Nc3ccncn3)ccc12.COc1nc(NCC(C)(C)C)ccc1-c1nccc2cc(S(=O)(=O)Nc3ccncn3)ccc12. The van der Waals surface area contributed by atoms with E-state index in [-0.39, 0.29) is 71.0 Å². The molecule has 12 heterocycles. The summed E-state index contributed by atoms with van der Waals surface area (Å²) in [7, 11) is -9.44. The molecule has 0 radical (unpaired) electrons. The summed E-state index contributed by atoms with van der Waals surface area (Å²) < 4.78 is 161. The highest BCUT2D eigenvalue weighted by atomic mass is 32.2. The third-order valence-electron chi connectivity index (χ3n) is 18.9. The summed E-state index contributed by atoms with van der Waals surface area (Å²) in [5.74, 6) is 1.83. The molecule has 16 aromatic rings. The van der Waals surface area contributed by atoms with Crippen molar-refractivity contribution in [2.45, 2.75) is 81.9 Å². The number of rotatable bonds is 24. The van der Waals surface area contributed by atoms with Crippen molar-refractivity contribution in [3.8, 4) is 68.5 Å². The number of halogens is 2. The number of pyridine rings is 8. The number of anilines is 6. The summed E-state index contributed by atoms with van der Waals surface area (Å²) in [5.41, 5.74) is 10.1. The predicted octanol–water partition coefficient (Wildman–Crippen LogP) is 15.8. The third kappa shape index (κ3) is 25.1. The number of aromatic nitrogens is 16. The number of nitrogens with zero attached hydrogens (tertiary/aromatic N) is 16. The molecule has 41 heteroatoms. The highest BCUT2D eigenvalue weighted by molar-refractivity contribution is 7.93. The molecule has 0 amide bonds. The summed E-state index contributed by atoms with van der Waals surface area (Å²) in [4.78, 5) is 65.4. The van der Waals surface area contributed by atoms with E-state index in [1.54, 1.807) is 99.4 Å². The van der Waals surface area contributed by atoms with Gasteiger partial charge in [-0.3, -0.25) is 38.8 Å². The Morgan fingerprint density at radius 1 is 0.318 bits per heavy atom. The number of nitrogens with one attached hydrogen (secondary N) is 6. The van der Waals surface area contributed by atoms with E-state index in [0.717, 1.165) is 34.8 Å². The minimum absolute atomic E-state index is 0.0359. The summed E-state index contributed by atoms with van der Waals surface area (Å²) in [6, 6.07) is 44.9. The zero-order valence-electron chi connectivity index (χ0n) is 73.7. The Labute approximate surface area is 761 Å². The maximum atomic E-state index is 14.4. The molecular formula is C91H93F2N23O12S4. The van der Waals surface area contributed by atoms with Crippen LogP contribution in [0.25, 0.3) is 88.1 Å². The first kappa shape index (κ1) is 96.1. The van der Waals surface area contributed by atoms with Gasteiger partial charge in [-0.05, 0) is 178 Å². The number of hydrogen-bond acceptors (Lipinski definition) is 31. The van der Waals surface area contributed by atoms with E-state index in [1.807, 2.05) is 18.2 Å². The summed E-state index contributed by atoms with van der Waals surface area (Å²) in [6.45, 7) is 21.4. The lowest BCUT2D eigenvalue weighted by Gasteiger charge is -2.21. The molecule has 0 unspecified atom stereocenters. The molecule has 12 aromatic heterocycles. The van der Waals surface area contributed by atoms with E-state index in [1.165, 1.54) is 156 Å². The average Bonchev–Trinajstić information content (AvgIpc) is 0.793. The van der Waals surface area contributed by atoms with Crippen LogP contribution in [0.3, 0.4) is 0 Å². The fraction of sp³-hybridized carbons (Fsp3) is 0.209. The normalized spacial score (nSPS) is 11.7. The van der Waals surface area contributed by atoms with Crippen LogP contribution in [0.4, 0.5) is 43.7 Å². The van der Waals surface area contributed by atoms with Crippen LogP contribution in [0.1, 0.15) is 62.3 Å². The second kappa shape index (κ2) is 41.7. The summed E-state index contributed by atoms with van der Waals surface area (Å²) in [6.07, 6.45) is 17.2. The highest BCUT2D eigenvalue weighted by Gasteiger charge is 2.26. The molecule has 0 saturated carbocycles. The zero-order valence-corrected chi connectivity index (χ0v) is 77.0. The monoisotopic (exact) mass is 1870 g/mol. The first-order valence-electron chi connectivity index (χ1n) is 40.2. The van der Waals surface area contributed by atoms with Gasteiger partial charge in [-0.15, -0.1) is 0 Å². The van der Waals surface area contributed by atoms with Crippen molar-refractivity contribution >= 4 is 118 Å². The largest absolute Gasteiger partial charge is 0.481 e. The van der Waals surface area contributed by atoms with Crippen molar-refractivity contribution in [1.29, 1.82) is 0 Å². The van der Waals surface area contributed by atoms with Crippen molar-refractivity contribution in [2.24, 2.45) is 22.0 Å². The molecule has 0 saturated heterocycles. The molecule has 8 N–H and O–H groups in total. The molecule has 0 spiro atoms. The van der Waals surface area contributed by atoms with Crippen molar-refractivity contribution in [2.75, 3.05) is 77.6 Å². The van der Waals surface area contributed by atoms with E-state index in [9.17, 15) is 42.5 Å². The first-order chi connectivity index (χ1) is 62.8. The molecule has 0 aliphatic rings. The Bertz CT molecular complexity index is 7280. The second-order valence-electron chi connectivity index (χ2n) is 32.4. The van der Waals surface area contributed by atoms with E-state index in [0.29, 0.717) is 96.2 Å². The Morgan fingerprint density at radius 3 is 0.962 bits per heavy atom. The average molecular weight is 1870 g/mol. The van der Waals surface area contributed by atoms with Gasteiger partial charge in [0.05, 0.1) is 87.5 Å². The number of nitrogens with two attached hydrogens (primary N) is 1. The van der Waals surface area contributed by atoms with Gasteiger partial charge >= 0.3 is 0 Å². The quantitative estimate of drug-likeness (QED) is 0.0276. The molecule has 132 heavy (non-hydrogen) atoms. The van der Waals surface area contributed by atoms with Crippen LogP contribution in [0.15, 0.2) is 264 Å². The summed E-state index contributed by atoms with van der Waals surface area (Å²) >= 11 is 0. The number of methoxy groups -OCH3 is 4. The van der Waals surface area contributed by atoms with E-state index >= 15 is 0 Å². The van der Waals surface area contributed by atoms with Crippen LogP contribution < -0.4 is 54.2 Å². The van der Waals surface area contributed by atoms with Gasteiger partial charge < -0.3 is 35.3 Å². The number of ether oxygens (including phenoxy) is 4. The van der Waals surface area contributed by atoms with E-state index in [2.05, 4.69) is 172 Å². The topological polar surface area (TPSA) is 478 Å². The number of fused-ring (bicyclic) bond motifs is 4. The van der Waals surface area contributed by atoms with Gasteiger partial charge in [0, 0.05) is 102 Å². The van der Waals surface area contributed by atoms with Crippen LogP contribution in [0, 0.1) is 28.1 Å². The highest BCUT2D eigenvalue weighted by Crippen LogP contribution is 2.39. The Kier molecular flexibility index (Phi) is 30.3. The van der Waals surface area contributed by atoms with Gasteiger partial charge in [0.2, 0.25) is 35.4 Å². The minimum atomic E-state index is -3.86. The fourth-order valence-corrected chi connectivity index (χ4v) is 16.4. The van der Waals surface area contributed by atoms with Gasteiger partial charge in [0.1, 0.15) is 60.2 Å². The number of hydrogen-bond donors (Lipinski definition) is 7. The molecular weight excluding hydrogens is 1770 g/mol. The van der Waals surface area contributed by atoms with Crippen LogP contribution in [0.5, 0.6) is 23.5 Å². The third-order valence-corrected chi connectivity index (χ3v) is 24.3. The maximum absolute atomic E-state index is 14.4. The van der Waals surface area contributed by atoms with Crippen LogP contribution in [-0.2, 0) is 40.1 Å². The second-order valence-corrected chi connectivity index (χ2v) is 39.2. The molecule has 0 fully saturated rings. The Morgan fingerprint density at radius 2 is 0.636 bits per heavy atom. The Hall–Kier alpha value is -14.9. The molecule has 16 rings (SSSR count). The van der Waals surface area contributed by atoms with Crippen molar-refractivity contribution in [1.82, 2.24) is 79.7 Å². The van der Waals surface area contributed by atoms with Crippen LogP contribution in [-0.4, -0.2) is 161 Å². The van der Waals surface area contributed by atoms with E-state index < -0.39 is 52.0 Å². The van der Waals surface area contributed by atoms with Crippen molar-refractivity contribution in [3.63, 3.8) is 0 Å². The van der Waals surface area contributed by atoms with Gasteiger partial charge in [-0.25, -0.2) is 73.5 Å². The Balaban J connectivity index is 0.000000156. The smallest absolute Gasteiger partial charge is 0.263 e. The van der Waals surface area contributed by atoms with Crippen molar-refractivity contribution < 1.29 is 61.4 Å². The standard InChI is InChI=1S/2C24H26N6O3S.2C19H14FN5O3S.C5H13N/c1-24(2,3)14-27-23-19(7-8-21(29-23)33-4)22-18-6-5-17(13-16(18)9-12-26-22)34(31,32)30-20-10-11-25-15-28-20;1-24(2,3)14-27-20-8-7-19(23(29-20)33-4)22-18-6-5-17(13-16(18)9-12-26-22)34(31,32)30-21-10-11-25-15-28-21;1-28-17-5-4-15(19(20)24-17)18-14-3-2-13(10-12(14)6-9-22-18)29(26,27)25-16-7-8-21-11-23-16;1-28-19-15(4-5-16(20)24-19)18-14-3-2-13(10-12(14)6-9-22-18)29(26,27)25-17-7-8-21-11-23-17;1-5(2,3)4-6/h2*5-13,15H,14H2,1-4H3,(H,27,29)(H,25,28,30);2*2-11H,1H3,(H,21,23,25);4,6H2,1-3H3. The molecule has 35 nitrogen and oxygen atoms in total. The lowest BCUT2D eigenvalue weighted by Crippen LogP contribution is -2.20. The molecule has 0 bridgehead atoms. The van der Waals surface area contributed by atoms with Gasteiger partial charge in [-0.2, -0.15) is 28.7 Å². The molecule has 4 aromatic carbocycles. The molecule has 0 atom stereocenters. The molecule has 0 aliphatic carbocycles. The minimum Gasteiger partial charge on any atom is -0.481 e. The van der Waals surface area contributed by atoms with Gasteiger partial charge in [0.15, 0.2) is 0 Å². The lowest BCUT2D eigenvalue weighted by molar-refractivity contribution is 0.388. The van der Waals surface area contributed by atoms with Gasteiger partial charge in [0.25, 0.3) is 40.1 Å². The lowest BCUT2D eigenvalue weighted by atomic mass is 9.97. The number of benzene rings is 4. The maximum Gasteiger partial charge on any atom is 0.263 e. The zero-order chi connectivity index (χ0) is 94.8. The first-order valence-corrected chi connectivity index (χ1v) is 46.2. The van der Waals surface area contributed by atoms with Gasteiger partial charge in [-0.1, -0.05) is 86.6 Å².